The monoisotopic (exact) mass is 216 g/mol. The molecule has 1 saturated carbocycles. The Labute approximate surface area is 95.7 Å². The van der Waals surface area contributed by atoms with Crippen LogP contribution >= 0.6 is 0 Å². The molecule has 1 atom stereocenters. The van der Waals surface area contributed by atoms with E-state index in [0.717, 1.165) is 12.8 Å². The third-order valence-corrected chi connectivity index (χ3v) is 3.48. The van der Waals surface area contributed by atoms with Gasteiger partial charge in [0.05, 0.1) is 5.41 Å². The van der Waals surface area contributed by atoms with Crippen LogP contribution in [0.2, 0.25) is 0 Å². The van der Waals surface area contributed by atoms with Gasteiger partial charge in [0.2, 0.25) is 0 Å². The molecule has 1 unspecified atom stereocenters. The Morgan fingerprint density at radius 1 is 1.19 bits per heavy atom. The molecule has 2 rings (SSSR count). The van der Waals surface area contributed by atoms with Gasteiger partial charge in [0.1, 0.15) is 5.78 Å². The molecule has 0 heterocycles. The van der Waals surface area contributed by atoms with E-state index in [2.05, 4.69) is 0 Å². The maximum Gasteiger partial charge on any atom is 0.176 e. The Morgan fingerprint density at radius 3 is 2.50 bits per heavy atom. The highest BCUT2D eigenvalue weighted by molar-refractivity contribution is 6.14. The molecule has 1 aliphatic carbocycles. The number of hydrogen-bond acceptors (Lipinski definition) is 2. The van der Waals surface area contributed by atoms with Crippen LogP contribution in [0, 0.1) is 5.41 Å². The molecule has 0 aromatic heterocycles. The fourth-order valence-electron chi connectivity index (χ4n) is 2.33. The first-order chi connectivity index (χ1) is 7.64. The van der Waals surface area contributed by atoms with Gasteiger partial charge in [-0.2, -0.15) is 0 Å². The lowest BCUT2D eigenvalue weighted by Gasteiger charge is -2.30. The largest absolute Gasteiger partial charge is 0.299 e. The summed E-state index contributed by atoms with van der Waals surface area (Å²) < 4.78 is 0. The molecule has 0 N–H and O–H groups in total. The number of hydrogen-bond donors (Lipinski definition) is 0. The Morgan fingerprint density at radius 2 is 1.88 bits per heavy atom. The number of carbonyl (C=O) groups excluding carboxylic acids is 2. The van der Waals surface area contributed by atoms with E-state index in [4.69, 9.17) is 0 Å². The molecule has 0 amide bonds. The summed E-state index contributed by atoms with van der Waals surface area (Å²) in [7, 11) is 0. The van der Waals surface area contributed by atoms with Crippen molar-refractivity contribution in [1.29, 1.82) is 0 Å². The van der Waals surface area contributed by atoms with Gasteiger partial charge in [0.15, 0.2) is 5.78 Å². The predicted octanol–water partition coefficient (Wildman–Crippen LogP) is 3.02. The van der Waals surface area contributed by atoms with Crippen LogP contribution in [0.5, 0.6) is 0 Å². The first kappa shape index (κ1) is 11.1. The van der Waals surface area contributed by atoms with Gasteiger partial charge in [-0.05, 0) is 19.8 Å². The Balaban J connectivity index is 2.30. The fraction of sp³-hybridized carbons (Fsp3) is 0.429. The van der Waals surface area contributed by atoms with Crippen LogP contribution in [-0.4, -0.2) is 11.6 Å². The third-order valence-electron chi connectivity index (χ3n) is 3.48. The van der Waals surface area contributed by atoms with Gasteiger partial charge in [-0.1, -0.05) is 36.8 Å². The molecule has 1 fully saturated rings. The number of benzene rings is 1. The summed E-state index contributed by atoms with van der Waals surface area (Å²) in [4.78, 5) is 24.2. The molecule has 1 aromatic carbocycles. The average molecular weight is 216 g/mol. The molecule has 0 saturated heterocycles. The lowest BCUT2D eigenvalue weighted by Crippen LogP contribution is -2.38. The molecule has 2 heteroatoms. The van der Waals surface area contributed by atoms with Gasteiger partial charge in [0.25, 0.3) is 0 Å². The van der Waals surface area contributed by atoms with Crippen molar-refractivity contribution in [2.75, 3.05) is 0 Å². The van der Waals surface area contributed by atoms with Gasteiger partial charge in [-0.25, -0.2) is 0 Å². The summed E-state index contributed by atoms with van der Waals surface area (Å²) in [6.45, 7) is 1.80. The zero-order chi connectivity index (χ0) is 11.6. The molecular weight excluding hydrogens is 200 g/mol. The summed E-state index contributed by atoms with van der Waals surface area (Å²) >= 11 is 0. The van der Waals surface area contributed by atoms with Crippen molar-refractivity contribution < 1.29 is 9.59 Å². The molecule has 0 bridgehead atoms. The van der Waals surface area contributed by atoms with Crippen LogP contribution in [0.3, 0.4) is 0 Å². The molecule has 0 spiro atoms. The highest BCUT2D eigenvalue weighted by Crippen LogP contribution is 2.35. The Bertz CT molecular complexity index is 408. The van der Waals surface area contributed by atoms with Crippen molar-refractivity contribution in [3.8, 4) is 0 Å². The van der Waals surface area contributed by atoms with Crippen LogP contribution in [0.15, 0.2) is 30.3 Å². The maximum absolute atomic E-state index is 12.3. The first-order valence-electron chi connectivity index (χ1n) is 5.78. The summed E-state index contributed by atoms with van der Waals surface area (Å²) in [5.74, 6) is 0.0883. The molecule has 16 heavy (non-hydrogen) atoms. The lowest BCUT2D eigenvalue weighted by atomic mass is 9.70. The zero-order valence-electron chi connectivity index (χ0n) is 9.53. The fourth-order valence-corrected chi connectivity index (χ4v) is 2.33. The third kappa shape index (κ3) is 1.80. The molecule has 84 valence electrons. The van der Waals surface area contributed by atoms with Gasteiger partial charge >= 0.3 is 0 Å². The van der Waals surface area contributed by atoms with E-state index in [1.54, 1.807) is 19.1 Å². The summed E-state index contributed by atoms with van der Waals surface area (Å²) in [6, 6.07) is 9.13. The van der Waals surface area contributed by atoms with Gasteiger partial charge in [0, 0.05) is 12.0 Å². The minimum absolute atomic E-state index is 0.0159. The highest BCUT2D eigenvalue weighted by Gasteiger charge is 2.41. The number of carbonyl (C=O) groups is 2. The molecule has 0 radical (unpaired) electrons. The maximum atomic E-state index is 12.3. The second-order valence-corrected chi connectivity index (χ2v) is 4.66. The van der Waals surface area contributed by atoms with E-state index < -0.39 is 5.41 Å². The molecule has 1 aromatic rings. The van der Waals surface area contributed by atoms with Crippen molar-refractivity contribution in [2.24, 2.45) is 5.41 Å². The first-order valence-corrected chi connectivity index (χ1v) is 5.78. The van der Waals surface area contributed by atoms with Crippen LogP contribution in [0.25, 0.3) is 0 Å². The summed E-state index contributed by atoms with van der Waals surface area (Å²) in [6.07, 6.45) is 3.14. The van der Waals surface area contributed by atoms with Crippen molar-refractivity contribution >= 4 is 11.6 Å². The van der Waals surface area contributed by atoms with Crippen molar-refractivity contribution in [3.05, 3.63) is 35.9 Å². The zero-order valence-corrected chi connectivity index (χ0v) is 9.53. The predicted molar refractivity (Wildman–Crippen MR) is 62.4 cm³/mol. The van der Waals surface area contributed by atoms with Gasteiger partial charge in [-0.3, -0.25) is 9.59 Å². The normalized spacial score (nSPS) is 25.4. The number of ketones is 2. The summed E-state index contributed by atoms with van der Waals surface area (Å²) in [5, 5.41) is 0. The SMILES string of the molecule is CC1(C(=O)c2ccccc2)CCCCC1=O. The van der Waals surface area contributed by atoms with E-state index in [1.165, 1.54) is 0 Å². The second kappa shape index (κ2) is 4.20. The van der Waals surface area contributed by atoms with E-state index in [1.807, 2.05) is 18.2 Å². The molecule has 1 aliphatic rings. The van der Waals surface area contributed by atoms with E-state index >= 15 is 0 Å². The summed E-state index contributed by atoms with van der Waals surface area (Å²) in [5.41, 5.74) is -0.125. The van der Waals surface area contributed by atoms with E-state index in [0.29, 0.717) is 18.4 Å². The van der Waals surface area contributed by atoms with Crippen molar-refractivity contribution in [2.45, 2.75) is 32.6 Å². The Kier molecular flexibility index (Phi) is 2.90. The van der Waals surface area contributed by atoms with Crippen LogP contribution in [0.4, 0.5) is 0 Å². The standard InChI is InChI=1S/C14H16O2/c1-14(10-6-5-9-12(14)15)13(16)11-7-3-2-4-8-11/h2-4,7-8H,5-6,9-10H2,1H3. The van der Waals surface area contributed by atoms with Crippen LogP contribution in [0.1, 0.15) is 43.0 Å². The average Bonchev–Trinajstić information content (AvgIpc) is 2.33. The smallest absolute Gasteiger partial charge is 0.176 e. The highest BCUT2D eigenvalue weighted by atomic mass is 16.2. The molecular formula is C14H16O2. The van der Waals surface area contributed by atoms with Gasteiger partial charge in [-0.15, -0.1) is 0 Å². The topological polar surface area (TPSA) is 34.1 Å². The van der Waals surface area contributed by atoms with E-state index in [9.17, 15) is 9.59 Å². The minimum Gasteiger partial charge on any atom is -0.299 e. The lowest BCUT2D eigenvalue weighted by molar-refractivity contribution is -0.127. The quantitative estimate of drug-likeness (QED) is 0.562. The molecule has 0 aliphatic heterocycles. The Hall–Kier alpha value is -1.44. The van der Waals surface area contributed by atoms with Crippen molar-refractivity contribution in [3.63, 3.8) is 0 Å². The molecule has 2 nitrogen and oxygen atoms in total. The minimum atomic E-state index is -0.778. The number of rotatable bonds is 2. The van der Waals surface area contributed by atoms with Crippen LogP contribution < -0.4 is 0 Å². The van der Waals surface area contributed by atoms with E-state index in [-0.39, 0.29) is 11.6 Å². The second-order valence-electron chi connectivity index (χ2n) is 4.66. The van der Waals surface area contributed by atoms with Crippen molar-refractivity contribution in [1.82, 2.24) is 0 Å². The van der Waals surface area contributed by atoms with Gasteiger partial charge < -0.3 is 0 Å². The number of Topliss-reactive ketones (excluding diaryl/α,β-unsaturated/α-hetero) is 2. The van der Waals surface area contributed by atoms with Crippen LogP contribution in [-0.2, 0) is 4.79 Å².